The first kappa shape index (κ1) is 21.0. The molecule has 1 saturated heterocycles. The van der Waals surface area contributed by atoms with Gasteiger partial charge in [-0.2, -0.15) is 0 Å². The van der Waals surface area contributed by atoms with Crippen LogP contribution in [0.1, 0.15) is 45.1 Å². The zero-order valence-electron chi connectivity index (χ0n) is 18.1. The van der Waals surface area contributed by atoms with Crippen molar-refractivity contribution in [2.75, 3.05) is 26.7 Å². The summed E-state index contributed by atoms with van der Waals surface area (Å²) in [5.74, 6) is 3.13. The molecule has 28 heavy (non-hydrogen) atoms. The van der Waals surface area contributed by atoms with E-state index in [9.17, 15) is 0 Å². The maximum Gasteiger partial charge on any atom is 0.0388 e. The predicted octanol–water partition coefficient (Wildman–Crippen LogP) is 5.81. The first-order valence-corrected chi connectivity index (χ1v) is 11.1. The lowest BCUT2D eigenvalue weighted by Gasteiger charge is -2.35. The lowest BCUT2D eigenvalue weighted by Crippen LogP contribution is -2.38. The van der Waals surface area contributed by atoms with Gasteiger partial charge in [-0.25, -0.2) is 0 Å². The van der Waals surface area contributed by atoms with Gasteiger partial charge in [0.15, 0.2) is 0 Å². The van der Waals surface area contributed by atoms with Crippen LogP contribution >= 0.6 is 0 Å². The zero-order chi connectivity index (χ0) is 19.9. The normalized spacial score (nSPS) is 27.9. The first-order valence-electron chi connectivity index (χ1n) is 11.1. The molecule has 2 aliphatic rings. The number of nitrogens with zero attached hydrogens (tertiary/aromatic N) is 2. The molecule has 0 spiro atoms. The molecule has 3 unspecified atom stereocenters. The second-order valence-electron chi connectivity index (χ2n) is 9.08. The summed E-state index contributed by atoms with van der Waals surface area (Å²) in [7, 11) is 1.92. The van der Waals surface area contributed by atoms with Crippen molar-refractivity contribution in [3.63, 3.8) is 0 Å². The van der Waals surface area contributed by atoms with Gasteiger partial charge < -0.3 is 4.90 Å². The van der Waals surface area contributed by atoms with Crippen molar-refractivity contribution in [3.05, 3.63) is 60.2 Å². The largest absolute Gasteiger partial charge is 0.303 e. The lowest BCUT2D eigenvalue weighted by molar-refractivity contribution is 0.163. The third kappa shape index (κ3) is 5.67. The topological polar surface area (TPSA) is 15.6 Å². The van der Waals surface area contributed by atoms with E-state index in [2.05, 4.69) is 72.8 Å². The van der Waals surface area contributed by atoms with Crippen LogP contribution in [-0.4, -0.2) is 37.3 Å². The summed E-state index contributed by atoms with van der Waals surface area (Å²) in [5.41, 5.74) is 4.04. The van der Waals surface area contributed by atoms with Gasteiger partial charge in [0.25, 0.3) is 0 Å². The Balaban J connectivity index is 1.50. The number of benzene rings is 1. The summed E-state index contributed by atoms with van der Waals surface area (Å²) in [6, 6.07) is 10.7. The highest BCUT2D eigenvalue weighted by Gasteiger charge is 2.32. The summed E-state index contributed by atoms with van der Waals surface area (Å²) in [4.78, 5) is 7.26. The molecule has 2 nitrogen and oxygen atoms in total. The maximum absolute atomic E-state index is 4.55. The molecule has 0 aromatic heterocycles. The minimum absolute atomic E-state index is 0.710. The van der Waals surface area contributed by atoms with Gasteiger partial charge in [-0.05, 0) is 81.0 Å². The minimum Gasteiger partial charge on any atom is -0.303 e. The zero-order valence-corrected chi connectivity index (χ0v) is 18.1. The molecule has 1 aliphatic heterocycles. The molecule has 2 fully saturated rings. The summed E-state index contributed by atoms with van der Waals surface area (Å²) < 4.78 is 0. The van der Waals surface area contributed by atoms with Gasteiger partial charge in [-0.3, -0.25) is 4.99 Å². The molecule has 1 aliphatic carbocycles. The van der Waals surface area contributed by atoms with Crippen molar-refractivity contribution in [3.8, 4) is 0 Å². The maximum atomic E-state index is 4.55. The molecule has 1 aromatic rings. The van der Waals surface area contributed by atoms with Crippen LogP contribution in [0.4, 0.5) is 0 Å². The van der Waals surface area contributed by atoms with Crippen LogP contribution in [0.2, 0.25) is 0 Å². The fourth-order valence-corrected chi connectivity index (χ4v) is 5.23. The van der Waals surface area contributed by atoms with Crippen molar-refractivity contribution in [2.45, 2.75) is 46.0 Å². The second-order valence-corrected chi connectivity index (χ2v) is 9.08. The van der Waals surface area contributed by atoms with E-state index in [0.29, 0.717) is 5.92 Å². The fourth-order valence-electron chi connectivity index (χ4n) is 5.23. The highest BCUT2D eigenvalue weighted by atomic mass is 15.1. The quantitative estimate of drug-likeness (QED) is 0.432. The van der Waals surface area contributed by atoms with E-state index < -0.39 is 0 Å². The Kier molecular flexibility index (Phi) is 7.67. The standard InChI is InChI=1S/C26H38N2/c1-5-23-15-20(2)16-25(23)19-28-13-11-24(12-14-28)21(3)17-26(27-4)18-22-9-7-6-8-10-22/h5-10,17,20,23-25H,1,11-16,18-19H2,2-4H3/b21-17+,27-26?. The Labute approximate surface area is 172 Å². The number of allylic oxidation sites excluding steroid dienone is 3. The van der Waals surface area contributed by atoms with Crippen LogP contribution in [0, 0.1) is 23.7 Å². The third-order valence-electron chi connectivity index (χ3n) is 6.92. The van der Waals surface area contributed by atoms with Gasteiger partial charge in [0.1, 0.15) is 0 Å². The van der Waals surface area contributed by atoms with Crippen LogP contribution < -0.4 is 0 Å². The van der Waals surface area contributed by atoms with Gasteiger partial charge in [0, 0.05) is 25.7 Å². The molecule has 0 bridgehead atoms. The van der Waals surface area contributed by atoms with Crippen molar-refractivity contribution in [1.29, 1.82) is 0 Å². The Morgan fingerprint density at radius 3 is 2.54 bits per heavy atom. The molecule has 3 rings (SSSR count). The van der Waals surface area contributed by atoms with Crippen LogP contribution in [0.25, 0.3) is 0 Å². The molecule has 2 heteroatoms. The van der Waals surface area contributed by atoms with Crippen LogP contribution in [0.5, 0.6) is 0 Å². The molecule has 0 radical (unpaired) electrons. The van der Waals surface area contributed by atoms with Gasteiger partial charge in [0.2, 0.25) is 0 Å². The van der Waals surface area contributed by atoms with E-state index in [0.717, 1.165) is 24.2 Å². The van der Waals surface area contributed by atoms with Crippen LogP contribution in [0.3, 0.4) is 0 Å². The molecule has 3 atom stereocenters. The molecule has 0 N–H and O–H groups in total. The smallest absolute Gasteiger partial charge is 0.0388 e. The summed E-state index contributed by atoms with van der Waals surface area (Å²) in [6.07, 6.45) is 10.8. The van der Waals surface area contributed by atoms with Gasteiger partial charge in [-0.1, -0.05) is 48.9 Å². The molecule has 1 heterocycles. The average molecular weight is 379 g/mol. The van der Waals surface area contributed by atoms with E-state index in [1.807, 2.05) is 7.05 Å². The molecular formula is C26H38N2. The lowest BCUT2D eigenvalue weighted by atomic mass is 9.87. The Hall–Kier alpha value is -1.67. The molecule has 0 amide bonds. The molecule has 1 aromatic carbocycles. The number of piperidine rings is 1. The number of rotatable bonds is 7. The van der Waals surface area contributed by atoms with Crippen molar-refractivity contribution in [1.82, 2.24) is 4.90 Å². The number of hydrogen-bond donors (Lipinski definition) is 0. The van der Waals surface area contributed by atoms with E-state index >= 15 is 0 Å². The number of likely N-dealkylation sites (tertiary alicyclic amines) is 1. The predicted molar refractivity (Wildman–Crippen MR) is 122 cm³/mol. The Bertz CT molecular complexity index is 680. The third-order valence-corrected chi connectivity index (χ3v) is 6.92. The highest BCUT2D eigenvalue weighted by Crippen LogP contribution is 2.38. The Morgan fingerprint density at radius 1 is 1.18 bits per heavy atom. The highest BCUT2D eigenvalue weighted by molar-refractivity contribution is 5.97. The SMILES string of the molecule is C=CC1CC(C)CC1CN1CCC(/C(C)=C/C(Cc2ccccc2)=NC)CC1. The average Bonchev–Trinajstić information content (AvgIpc) is 3.07. The minimum atomic E-state index is 0.710. The first-order chi connectivity index (χ1) is 13.6. The number of hydrogen-bond acceptors (Lipinski definition) is 2. The van der Waals surface area contributed by atoms with E-state index in [4.69, 9.17) is 0 Å². The monoisotopic (exact) mass is 378 g/mol. The molecule has 1 saturated carbocycles. The Morgan fingerprint density at radius 2 is 1.89 bits per heavy atom. The van der Waals surface area contributed by atoms with Gasteiger partial charge in [0.05, 0.1) is 0 Å². The fraction of sp³-hybridized carbons (Fsp3) is 0.577. The summed E-state index contributed by atoms with van der Waals surface area (Å²) in [6.45, 7) is 12.5. The van der Waals surface area contributed by atoms with Crippen molar-refractivity contribution < 1.29 is 0 Å². The molecule has 152 valence electrons. The van der Waals surface area contributed by atoms with Crippen LogP contribution in [-0.2, 0) is 6.42 Å². The van der Waals surface area contributed by atoms with Gasteiger partial charge in [-0.15, -0.1) is 6.58 Å². The second kappa shape index (κ2) is 10.2. The van der Waals surface area contributed by atoms with Crippen LogP contribution in [0.15, 0.2) is 59.6 Å². The number of aliphatic imine (C=N–C) groups is 1. The van der Waals surface area contributed by atoms with Gasteiger partial charge >= 0.3 is 0 Å². The van der Waals surface area contributed by atoms with Crippen molar-refractivity contribution >= 4 is 5.71 Å². The van der Waals surface area contributed by atoms with E-state index in [1.54, 1.807) is 0 Å². The summed E-state index contributed by atoms with van der Waals surface area (Å²) in [5, 5.41) is 0. The van der Waals surface area contributed by atoms with E-state index in [-0.39, 0.29) is 0 Å². The summed E-state index contributed by atoms with van der Waals surface area (Å²) >= 11 is 0. The van der Waals surface area contributed by atoms with Crippen molar-refractivity contribution in [2.24, 2.45) is 28.7 Å². The van der Waals surface area contributed by atoms with E-state index in [1.165, 1.54) is 62.2 Å². The molecular weight excluding hydrogens is 340 g/mol.